The molecule has 2 aromatic rings. The van der Waals surface area contributed by atoms with Gasteiger partial charge in [0.25, 0.3) is 0 Å². The fourth-order valence-corrected chi connectivity index (χ4v) is 3.54. The van der Waals surface area contributed by atoms with Crippen molar-refractivity contribution in [1.82, 2.24) is 4.72 Å². The SMILES string of the molecule is COC(CNS(=O)(=O)c1cccc(C(C)=O)c1)c1ccccc1Cl. The number of methoxy groups -OCH3 is 1. The van der Waals surface area contributed by atoms with E-state index in [-0.39, 0.29) is 17.2 Å². The fourth-order valence-electron chi connectivity index (χ4n) is 2.21. The van der Waals surface area contributed by atoms with Crippen LogP contribution in [0.15, 0.2) is 53.4 Å². The summed E-state index contributed by atoms with van der Waals surface area (Å²) in [4.78, 5) is 11.4. The van der Waals surface area contributed by atoms with Crippen LogP contribution in [-0.2, 0) is 14.8 Å². The maximum Gasteiger partial charge on any atom is 0.240 e. The number of carbonyl (C=O) groups excluding carboxylic acids is 1. The van der Waals surface area contributed by atoms with Crippen molar-refractivity contribution in [3.8, 4) is 0 Å². The molecule has 0 radical (unpaired) electrons. The number of nitrogens with one attached hydrogen (secondary N) is 1. The minimum atomic E-state index is -3.77. The van der Waals surface area contributed by atoms with Crippen LogP contribution in [0, 0.1) is 0 Å². The van der Waals surface area contributed by atoms with Gasteiger partial charge in [0.2, 0.25) is 10.0 Å². The number of hydrogen-bond acceptors (Lipinski definition) is 4. The van der Waals surface area contributed by atoms with Crippen molar-refractivity contribution in [2.24, 2.45) is 0 Å². The third-order valence-corrected chi connectivity index (χ3v) is 5.31. The molecule has 0 saturated carbocycles. The van der Waals surface area contributed by atoms with Gasteiger partial charge in [0.05, 0.1) is 11.0 Å². The van der Waals surface area contributed by atoms with Crippen molar-refractivity contribution >= 4 is 27.4 Å². The van der Waals surface area contributed by atoms with Crippen LogP contribution in [0.5, 0.6) is 0 Å². The predicted molar refractivity (Wildman–Crippen MR) is 92.8 cm³/mol. The van der Waals surface area contributed by atoms with E-state index in [1.165, 1.54) is 32.2 Å². The fraction of sp³-hybridized carbons (Fsp3) is 0.235. The summed E-state index contributed by atoms with van der Waals surface area (Å²) in [5.41, 5.74) is 1.04. The van der Waals surface area contributed by atoms with Gasteiger partial charge in [0.15, 0.2) is 5.78 Å². The summed E-state index contributed by atoms with van der Waals surface area (Å²) in [6.07, 6.45) is -0.524. The molecular weight excluding hydrogens is 350 g/mol. The molecule has 1 atom stereocenters. The topological polar surface area (TPSA) is 72.5 Å². The van der Waals surface area contributed by atoms with Crippen LogP contribution in [0.3, 0.4) is 0 Å². The van der Waals surface area contributed by atoms with E-state index in [9.17, 15) is 13.2 Å². The van der Waals surface area contributed by atoms with Gasteiger partial charge in [-0.25, -0.2) is 13.1 Å². The first kappa shape index (κ1) is 18.6. The zero-order valence-corrected chi connectivity index (χ0v) is 14.9. The molecule has 2 rings (SSSR count). The van der Waals surface area contributed by atoms with Crippen LogP contribution < -0.4 is 4.72 Å². The van der Waals surface area contributed by atoms with Crippen LogP contribution in [0.25, 0.3) is 0 Å². The molecule has 24 heavy (non-hydrogen) atoms. The van der Waals surface area contributed by atoms with Crippen LogP contribution >= 0.6 is 11.6 Å². The monoisotopic (exact) mass is 367 g/mol. The summed E-state index contributed by atoms with van der Waals surface area (Å²) in [5.74, 6) is -0.196. The highest BCUT2D eigenvalue weighted by atomic mass is 35.5. The first-order chi connectivity index (χ1) is 11.3. The lowest BCUT2D eigenvalue weighted by Gasteiger charge is -2.18. The van der Waals surface area contributed by atoms with E-state index < -0.39 is 16.1 Å². The third kappa shape index (κ3) is 4.42. The van der Waals surface area contributed by atoms with E-state index >= 15 is 0 Å². The summed E-state index contributed by atoms with van der Waals surface area (Å²) < 4.78 is 32.7. The van der Waals surface area contributed by atoms with Gasteiger partial charge >= 0.3 is 0 Å². The molecule has 5 nitrogen and oxygen atoms in total. The molecule has 1 unspecified atom stereocenters. The molecule has 0 fully saturated rings. The first-order valence-corrected chi connectivity index (χ1v) is 9.09. The minimum absolute atomic E-state index is 0.0207. The van der Waals surface area contributed by atoms with Gasteiger partial charge in [-0.15, -0.1) is 0 Å². The third-order valence-electron chi connectivity index (χ3n) is 3.55. The highest BCUT2D eigenvalue weighted by Gasteiger charge is 2.20. The summed E-state index contributed by atoms with van der Waals surface area (Å²) >= 11 is 6.13. The van der Waals surface area contributed by atoms with Crippen molar-refractivity contribution in [2.75, 3.05) is 13.7 Å². The second-order valence-electron chi connectivity index (χ2n) is 5.18. The van der Waals surface area contributed by atoms with Gasteiger partial charge in [-0.3, -0.25) is 4.79 Å². The van der Waals surface area contributed by atoms with E-state index in [0.29, 0.717) is 16.1 Å². The molecule has 0 aromatic heterocycles. The smallest absolute Gasteiger partial charge is 0.240 e. The largest absolute Gasteiger partial charge is 0.375 e. The molecule has 128 valence electrons. The Morgan fingerprint density at radius 3 is 2.54 bits per heavy atom. The van der Waals surface area contributed by atoms with Crippen LogP contribution in [0.1, 0.15) is 28.9 Å². The Kier molecular flexibility index (Phi) is 6.12. The lowest BCUT2D eigenvalue weighted by atomic mass is 10.1. The number of sulfonamides is 1. The number of carbonyl (C=O) groups is 1. The Bertz CT molecular complexity index is 836. The molecule has 0 aliphatic rings. The van der Waals surface area contributed by atoms with E-state index in [2.05, 4.69) is 4.72 Å². The molecule has 0 bridgehead atoms. The average molecular weight is 368 g/mol. The van der Waals surface area contributed by atoms with Gasteiger partial charge < -0.3 is 4.74 Å². The summed E-state index contributed by atoms with van der Waals surface area (Å²) in [7, 11) is -2.28. The molecule has 2 aromatic carbocycles. The normalized spacial score (nSPS) is 12.8. The molecule has 0 aliphatic heterocycles. The standard InChI is InChI=1S/C17H18ClNO4S/c1-12(20)13-6-5-7-14(10-13)24(21,22)19-11-17(23-2)15-8-3-4-9-16(15)18/h3-10,17,19H,11H2,1-2H3. The summed E-state index contributed by atoms with van der Waals surface area (Å²) in [6.45, 7) is 1.41. The number of halogens is 1. The minimum Gasteiger partial charge on any atom is -0.375 e. The molecule has 0 amide bonds. The van der Waals surface area contributed by atoms with Crippen molar-refractivity contribution in [1.29, 1.82) is 0 Å². The number of hydrogen-bond donors (Lipinski definition) is 1. The number of ether oxygens (including phenoxy) is 1. The zero-order valence-electron chi connectivity index (χ0n) is 13.3. The quantitative estimate of drug-likeness (QED) is 0.763. The van der Waals surface area contributed by atoms with Gasteiger partial charge in [0.1, 0.15) is 0 Å². The lowest BCUT2D eigenvalue weighted by Crippen LogP contribution is -2.29. The van der Waals surface area contributed by atoms with E-state index in [1.54, 1.807) is 30.3 Å². The van der Waals surface area contributed by atoms with Crippen molar-refractivity contribution in [3.05, 3.63) is 64.7 Å². The summed E-state index contributed by atoms with van der Waals surface area (Å²) in [5, 5.41) is 0.502. The van der Waals surface area contributed by atoms with Crippen LogP contribution in [0.2, 0.25) is 5.02 Å². The predicted octanol–water partition coefficient (Wildman–Crippen LogP) is 3.21. The van der Waals surface area contributed by atoms with Crippen LogP contribution in [-0.4, -0.2) is 27.9 Å². The van der Waals surface area contributed by atoms with E-state index in [1.807, 2.05) is 0 Å². The highest BCUT2D eigenvalue weighted by molar-refractivity contribution is 7.89. The van der Waals surface area contributed by atoms with Gasteiger partial charge in [-0.2, -0.15) is 0 Å². The average Bonchev–Trinajstić information content (AvgIpc) is 2.57. The maximum atomic E-state index is 12.4. The Morgan fingerprint density at radius 2 is 1.92 bits per heavy atom. The highest BCUT2D eigenvalue weighted by Crippen LogP contribution is 2.25. The van der Waals surface area contributed by atoms with Crippen LogP contribution in [0.4, 0.5) is 0 Å². The Hall–Kier alpha value is -1.73. The van der Waals surface area contributed by atoms with Gasteiger partial charge in [-0.1, -0.05) is 41.9 Å². The Balaban J connectivity index is 2.19. The molecule has 7 heteroatoms. The lowest BCUT2D eigenvalue weighted by molar-refractivity contribution is 0.101. The van der Waals surface area contributed by atoms with E-state index in [0.717, 1.165) is 0 Å². The maximum absolute atomic E-state index is 12.4. The molecule has 0 heterocycles. The number of ketones is 1. The van der Waals surface area contributed by atoms with Gasteiger partial charge in [-0.05, 0) is 25.1 Å². The molecule has 1 N–H and O–H groups in total. The molecule has 0 spiro atoms. The van der Waals surface area contributed by atoms with Crippen molar-refractivity contribution in [2.45, 2.75) is 17.9 Å². The second kappa shape index (κ2) is 7.90. The van der Waals surface area contributed by atoms with Gasteiger partial charge in [0, 0.05) is 29.8 Å². The number of benzene rings is 2. The Morgan fingerprint density at radius 1 is 1.21 bits per heavy atom. The first-order valence-electron chi connectivity index (χ1n) is 7.23. The number of Topliss-reactive ketones (excluding diaryl/α,β-unsaturated/α-hetero) is 1. The summed E-state index contributed by atoms with van der Waals surface area (Å²) in [6, 6.07) is 13.0. The van der Waals surface area contributed by atoms with E-state index in [4.69, 9.17) is 16.3 Å². The number of rotatable bonds is 7. The molecule has 0 saturated heterocycles. The molecule has 0 aliphatic carbocycles. The molecular formula is C17H18ClNO4S. The zero-order chi connectivity index (χ0) is 17.7. The van der Waals surface area contributed by atoms with Crippen molar-refractivity contribution < 1.29 is 17.9 Å². The Labute approximate surface area is 146 Å². The second-order valence-corrected chi connectivity index (χ2v) is 7.36. The van der Waals surface area contributed by atoms with Crippen molar-refractivity contribution in [3.63, 3.8) is 0 Å².